The van der Waals surface area contributed by atoms with Gasteiger partial charge in [-0.1, -0.05) is 64.5 Å². The third-order valence-electron chi connectivity index (χ3n) is 4.14. The van der Waals surface area contributed by atoms with Crippen molar-refractivity contribution in [3.8, 4) is 11.5 Å². The fraction of sp³-hybridized carbons (Fsp3) is 0. The van der Waals surface area contributed by atoms with Crippen molar-refractivity contribution in [3.05, 3.63) is 114 Å². The molecule has 0 atom stereocenters. The number of benzene rings is 4. The van der Waals surface area contributed by atoms with E-state index in [1.807, 2.05) is 72.8 Å². The topological polar surface area (TPSA) is 12.5 Å². The summed E-state index contributed by atoms with van der Waals surface area (Å²) in [5.41, 5.74) is 3.20. The van der Waals surface area contributed by atoms with Crippen LogP contribution in [0.4, 0.5) is 17.1 Å². The van der Waals surface area contributed by atoms with Gasteiger partial charge in [-0.3, -0.25) is 0 Å². The number of ether oxygens (including phenoxy) is 1. The highest BCUT2D eigenvalue weighted by molar-refractivity contribution is 9.10. The summed E-state index contributed by atoms with van der Waals surface area (Å²) in [6.45, 7) is 0. The van der Waals surface area contributed by atoms with Crippen LogP contribution in [-0.4, -0.2) is 0 Å². The molecule has 0 spiro atoms. The van der Waals surface area contributed by atoms with E-state index in [9.17, 15) is 0 Å². The highest BCUT2D eigenvalue weighted by Crippen LogP contribution is 2.37. The van der Waals surface area contributed by atoms with Gasteiger partial charge in [-0.2, -0.15) is 0 Å². The maximum Gasteiger partial charge on any atom is 0.129 e. The van der Waals surface area contributed by atoms with Gasteiger partial charge in [0.2, 0.25) is 0 Å². The predicted octanol–water partition coefficient (Wildman–Crippen LogP) is 7.71. The van der Waals surface area contributed by atoms with Gasteiger partial charge in [0.25, 0.3) is 0 Å². The second kappa shape index (κ2) is 8.11. The third-order valence-corrected chi connectivity index (χ3v) is 4.63. The van der Waals surface area contributed by atoms with Crippen LogP contribution in [0.5, 0.6) is 11.5 Å². The van der Waals surface area contributed by atoms with Gasteiger partial charge in [-0.15, -0.1) is 0 Å². The zero-order chi connectivity index (χ0) is 18.5. The summed E-state index contributed by atoms with van der Waals surface area (Å²) < 4.78 is 7.07. The first kappa shape index (κ1) is 17.4. The molecule has 4 aromatic rings. The molecule has 0 N–H and O–H groups in total. The quantitative estimate of drug-likeness (QED) is 0.330. The second-order valence-corrected chi connectivity index (χ2v) is 6.98. The Hall–Kier alpha value is -3.04. The lowest BCUT2D eigenvalue weighted by molar-refractivity contribution is 0.483. The van der Waals surface area contributed by atoms with Gasteiger partial charge in [0.15, 0.2) is 0 Å². The summed E-state index contributed by atoms with van der Waals surface area (Å²) in [6.07, 6.45) is 0. The van der Waals surface area contributed by atoms with Crippen LogP contribution >= 0.6 is 15.9 Å². The highest BCUT2D eigenvalue weighted by Gasteiger charge is 2.13. The molecule has 0 fully saturated rings. The van der Waals surface area contributed by atoms with Crippen molar-refractivity contribution < 1.29 is 4.74 Å². The van der Waals surface area contributed by atoms with Crippen LogP contribution in [-0.2, 0) is 0 Å². The lowest BCUT2D eigenvalue weighted by atomic mass is 10.2. The number of hydrogen-bond donors (Lipinski definition) is 0. The average Bonchev–Trinajstić information content (AvgIpc) is 2.70. The van der Waals surface area contributed by atoms with Crippen LogP contribution in [0.1, 0.15) is 0 Å². The average molecular weight is 416 g/mol. The Kier molecular flexibility index (Phi) is 5.22. The summed E-state index contributed by atoms with van der Waals surface area (Å²) in [4.78, 5) is 2.21. The van der Waals surface area contributed by atoms with Gasteiger partial charge >= 0.3 is 0 Å². The van der Waals surface area contributed by atoms with E-state index in [1.165, 1.54) is 0 Å². The van der Waals surface area contributed by atoms with Crippen molar-refractivity contribution in [2.24, 2.45) is 0 Å². The number of para-hydroxylation sites is 2. The molecule has 27 heavy (non-hydrogen) atoms. The zero-order valence-corrected chi connectivity index (χ0v) is 16.2. The molecule has 0 radical (unpaired) electrons. The van der Waals surface area contributed by atoms with Crippen molar-refractivity contribution in [1.82, 2.24) is 0 Å². The van der Waals surface area contributed by atoms with Crippen molar-refractivity contribution in [1.29, 1.82) is 0 Å². The molecule has 0 saturated heterocycles. The highest BCUT2D eigenvalue weighted by atomic mass is 79.9. The molecule has 0 aliphatic carbocycles. The van der Waals surface area contributed by atoms with E-state index in [1.54, 1.807) is 0 Å². The third kappa shape index (κ3) is 4.21. The standard InChI is InChI=1S/C24H18BrNO/c25-19-9-7-12-21(17-19)26(20-10-3-1-4-11-20)22-13-8-16-24(18-22)27-23-14-5-2-6-15-23/h1-18H. The molecule has 4 rings (SSSR count). The van der Waals surface area contributed by atoms with E-state index in [0.717, 1.165) is 33.0 Å². The maximum atomic E-state index is 6.03. The molecule has 0 aliphatic heterocycles. The smallest absolute Gasteiger partial charge is 0.129 e. The van der Waals surface area contributed by atoms with E-state index in [-0.39, 0.29) is 0 Å². The van der Waals surface area contributed by atoms with E-state index in [2.05, 4.69) is 57.2 Å². The van der Waals surface area contributed by atoms with E-state index < -0.39 is 0 Å². The minimum Gasteiger partial charge on any atom is -0.457 e. The molecule has 0 aliphatic rings. The molecular weight excluding hydrogens is 398 g/mol. The Bertz CT molecular complexity index is 1020. The Morgan fingerprint density at radius 1 is 0.519 bits per heavy atom. The summed E-state index contributed by atoms with van der Waals surface area (Å²) in [5, 5.41) is 0. The SMILES string of the molecule is Brc1cccc(N(c2ccccc2)c2cccc(Oc3ccccc3)c2)c1. The maximum absolute atomic E-state index is 6.03. The van der Waals surface area contributed by atoms with Gasteiger partial charge in [-0.25, -0.2) is 0 Å². The monoisotopic (exact) mass is 415 g/mol. The normalized spacial score (nSPS) is 10.4. The Morgan fingerprint density at radius 2 is 1.07 bits per heavy atom. The first-order valence-electron chi connectivity index (χ1n) is 8.73. The predicted molar refractivity (Wildman–Crippen MR) is 115 cm³/mol. The molecule has 0 saturated carbocycles. The second-order valence-electron chi connectivity index (χ2n) is 6.06. The molecule has 0 amide bonds. The molecule has 0 heterocycles. The van der Waals surface area contributed by atoms with Gasteiger partial charge < -0.3 is 9.64 Å². The van der Waals surface area contributed by atoms with Crippen LogP contribution in [0, 0.1) is 0 Å². The Balaban J connectivity index is 1.75. The van der Waals surface area contributed by atoms with E-state index in [4.69, 9.17) is 4.74 Å². The summed E-state index contributed by atoms with van der Waals surface area (Å²) in [7, 11) is 0. The number of hydrogen-bond acceptors (Lipinski definition) is 2. The fourth-order valence-corrected chi connectivity index (χ4v) is 3.34. The number of nitrogens with zero attached hydrogens (tertiary/aromatic N) is 1. The number of anilines is 3. The van der Waals surface area contributed by atoms with Crippen LogP contribution in [0.3, 0.4) is 0 Å². The van der Waals surface area contributed by atoms with Gasteiger partial charge in [-0.05, 0) is 54.6 Å². The molecule has 2 nitrogen and oxygen atoms in total. The molecule has 0 bridgehead atoms. The van der Waals surface area contributed by atoms with Crippen molar-refractivity contribution in [3.63, 3.8) is 0 Å². The molecule has 0 unspecified atom stereocenters. The molecular formula is C24H18BrNO. The van der Waals surface area contributed by atoms with Crippen LogP contribution in [0.15, 0.2) is 114 Å². The fourth-order valence-electron chi connectivity index (χ4n) is 2.95. The molecule has 3 heteroatoms. The van der Waals surface area contributed by atoms with Gasteiger partial charge in [0.1, 0.15) is 11.5 Å². The van der Waals surface area contributed by atoms with Crippen molar-refractivity contribution in [2.45, 2.75) is 0 Å². The van der Waals surface area contributed by atoms with Crippen LogP contribution in [0.2, 0.25) is 0 Å². The lowest BCUT2D eigenvalue weighted by Gasteiger charge is -2.26. The first-order chi connectivity index (χ1) is 13.3. The van der Waals surface area contributed by atoms with E-state index >= 15 is 0 Å². The molecule has 0 aromatic heterocycles. The Labute approximate surface area is 167 Å². The van der Waals surface area contributed by atoms with E-state index in [0.29, 0.717) is 0 Å². The first-order valence-corrected chi connectivity index (χ1v) is 9.53. The van der Waals surface area contributed by atoms with Crippen LogP contribution in [0.25, 0.3) is 0 Å². The minimum absolute atomic E-state index is 0.801. The molecule has 4 aromatic carbocycles. The summed E-state index contributed by atoms with van der Waals surface area (Å²) in [6, 6.07) is 36.6. The minimum atomic E-state index is 0.801. The number of rotatable bonds is 5. The lowest BCUT2D eigenvalue weighted by Crippen LogP contribution is -2.09. The molecule has 132 valence electrons. The number of halogens is 1. The van der Waals surface area contributed by atoms with Gasteiger partial charge in [0, 0.05) is 27.6 Å². The Morgan fingerprint density at radius 3 is 1.78 bits per heavy atom. The van der Waals surface area contributed by atoms with Crippen LogP contribution < -0.4 is 9.64 Å². The zero-order valence-electron chi connectivity index (χ0n) is 14.6. The van der Waals surface area contributed by atoms with Crippen molar-refractivity contribution >= 4 is 33.0 Å². The summed E-state index contributed by atoms with van der Waals surface area (Å²) >= 11 is 3.58. The largest absolute Gasteiger partial charge is 0.457 e. The summed E-state index contributed by atoms with van der Waals surface area (Å²) in [5.74, 6) is 1.62. The van der Waals surface area contributed by atoms with Gasteiger partial charge in [0.05, 0.1) is 0 Å². The van der Waals surface area contributed by atoms with Crippen molar-refractivity contribution in [2.75, 3.05) is 4.90 Å².